The van der Waals surface area contributed by atoms with Crippen molar-refractivity contribution >= 4 is 17.5 Å². The van der Waals surface area contributed by atoms with Crippen LogP contribution in [0.2, 0.25) is 0 Å². The van der Waals surface area contributed by atoms with Gasteiger partial charge in [0, 0.05) is 18.1 Å². The first kappa shape index (κ1) is 14.0. The number of carbonyl (C=O) groups is 1. The van der Waals surface area contributed by atoms with Crippen LogP contribution in [-0.4, -0.2) is 35.7 Å². The van der Waals surface area contributed by atoms with Gasteiger partial charge in [-0.1, -0.05) is 12.1 Å². The van der Waals surface area contributed by atoms with E-state index in [1.54, 1.807) is 0 Å². The lowest BCUT2D eigenvalue weighted by Gasteiger charge is -2.38. The van der Waals surface area contributed by atoms with Gasteiger partial charge in [-0.3, -0.25) is 0 Å². The van der Waals surface area contributed by atoms with E-state index in [-0.39, 0.29) is 6.09 Å². The second-order valence-electron chi connectivity index (χ2n) is 5.89. The smallest absolute Gasteiger partial charge is 0.410 e. The second kappa shape index (κ2) is 5.84. The Bertz CT molecular complexity index is 506. The molecule has 1 amide bonds. The molecule has 2 fully saturated rings. The van der Waals surface area contributed by atoms with Crippen LogP contribution in [0.3, 0.4) is 0 Å². The van der Waals surface area contributed by atoms with Gasteiger partial charge in [0.1, 0.15) is 0 Å². The zero-order chi connectivity index (χ0) is 14.8. The average Bonchev–Trinajstić information content (AvgIpc) is 2.73. The second-order valence-corrected chi connectivity index (χ2v) is 5.89. The Morgan fingerprint density at radius 2 is 2.00 bits per heavy atom. The van der Waals surface area contributed by atoms with Crippen LogP contribution in [0, 0.1) is 0 Å². The Labute approximate surface area is 125 Å². The molecule has 5 nitrogen and oxygen atoms in total. The van der Waals surface area contributed by atoms with Crippen LogP contribution in [0.4, 0.5) is 16.2 Å². The first-order valence-corrected chi connectivity index (χ1v) is 7.75. The summed E-state index contributed by atoms with van der Waals surface area (Å²) in [6, 6.07) is 8.81. The highest BCUT2D eigenvalue weighted by molar-refractivity contribution is 5.69. The molecule has 0 aliphatic carbocycles. The van der Waals surface area contributed by atoms with Crippen LogP contribution in [-0.2, 0) is 4.74 Å². The third-order valence-electron chi connectivity index (χ3n) is 4.53. The number of hydrogen-bond donors (Lipinski definition) is 2. The number of rotatable bonds is 3. The summed E-state index contributed by atoms with van der Waals surface area (Å²) in [4.78, 5) is 14.0. The monoisotopic (exact) mass is 289 g/mol. The number of ether oxygens (including phenoxy) is 1. The number of para-hydroxylation sites is 2. The van der Waals surface area contributed by atoms with Gasteiger partial charge in [0.15, 0.2) is 0 Å². The topological polar surface area (TPSA) is 67.6 Å². The van der Waals surface area contributed by atoms with Crippen molar-refractivity contribution in [1.29, 1.82) is 0 Å². The number of amides is 1. The van der Waals surface area contributed by atoms with E-state index < -0.39 is 0 Å². The average molecular weight is 289 g/mol. The van der Waals surface area contributed by atoms with E-state index in [4.69, 9.17) is 10.5 Å². The summed E-state index contributed by atoms with van der Waals surface area (Å²) in [7, 11) is 0. The van der Waals surface area contributed by atoms with Crippen LogP contribution in [0.25, 0.3) is 0 Å². The number of nitrogens with two attached hydrogens (primary N) is 1. The van der Waals surface area contributed by atoms with Crippen LogP contribution in [0.1, 0.15) is 32.6 Å². The zero-order valence-corrected chi connectivity index (χ0v) is 12.4. The number of anilines is 2. The normalized spacial score (nSPS) is 27.5. The molecule has 1 aromatic rings. The fraction of sp³-hybridized carbons (Fsp3) is 0.562. The molecule has 0 aromatic heterocycles. The zero-order valence-electron chi connectivity index (χ0n) is 12.4. The fourth-order valence-corrected chi connectivity index (χ4v) is 3.64. The fourth-order valence-electron chi connectivity index (χ4n) is 3.64. The lowest BCUT2D eigenvalue weighted by Crippen LogP contribution is -2.49. The Kier molecular flexibility index (Phi) is 3.90. The Balaban J connectivity index is 1.66. The van der Waals surface area contributed by atoms with Crippen molar-refractivity contribution in [2.45, 2.75) is 50.7 Å². The molecular formula is C16H23N3O2. The molecule has 2 atom stereocenters. The molecule has 2 saturated heterocycles. The molecule has 2 unspecified atom stereocenters. The summed E-state index contributed by atoms with van der Waals surface area (Å²) >= 11 is 0. The van der Waals surface area contributed by atoms with Crippen molar-refractivity contribution in [1.82, 2.24) is 4.90 Å². The summed E-state index contributed by atoms with van der Waals surface area (Å²) in [5.41, 5.74) is 7.76. The van der Waals surface area contributed by atoms with E-state index in [0.29, 0.717) is 24.7 Å². The summed E-state index contributed by atoms with van der Waals surface area (Å²) < 4.78 is 5.18. The minimum atomic E-state index is -0.150. The Morgan fingerprint density at radius 3 is 2.62 bits per heavy atom. The minimum absolute atomic E-state index is 0.150. The van der Waals surface area contributed by atoms with Crippen molar-refractivity contribution in [3.8, 4) is 0 Å². The van der Waals surface area contributed by atoms with E-state index in [1.807, 2.05) is 36.1 Å². The van der Waals surface area contributed by atoms with Crippen molar-refractivity contribution in [2.75, 3.05) is 17.7 Å². The van der Waals surface area contributed by atoms with Gasteiger partial charge >= 0.3 is 6.09 Å². The van der Waals surface area contributed by atoms with Gasteiger partial charge in [-0.15, -0.1) is 0 Å². The molecular weight excluding hydrogens is 266 g/mol. The molecule has 2 aliphatic rings. The molecule has 5 heteroatoms. The number of carbonyl (C=O) groups excluding carboxylic acids is 1. The van der Waals surface area contributed by atoms with Crippen molar-refractivity contribution in [2.24, 2.45) is 0 Å². The number of nitrogens with zero attached hydrogens (tertiary/aromatic N) is 1. The third-order valence-corrected chi connectivity index (χ3v) is 4.53. The van der Waals surface area contributed by atoms with Gasteiger partial charge in [-0.05, 0) is 44.7 Å². The van der Waals surface area contributed by atoms with Crippen molar-refractivity contribution < 1.29 is 9.53 Å². The van der Waals surface area contributed by atoms with Crippen LogP contribution >= 0.6 is 0 Å². The third kappa shape index (κ3) is 2.77. The Morgan fingerprint density at radius 1 is 1.33 bits per heavy atom. The van der Waals surface area contributed by atoms with E-state index in [9.17, 15) is 4.79 Å². The number of piperidine rings is 1. The molecule has 0 radical (unpaired) electrons. The van der Waals surface area contributed by atoms with Gasteiger partial charge in [0.2, 0.25) is 0 Å². The maximum Gasteiger partial charge on any atom is 0.410 e. The predicted molar refractivity (Wildman–Crippen MR) is 83.2 cm³/mol. The number of nitrogen functional groups attached to an aromatic ring is 1. The van der Waals surface area contributed by atoms with Crippen LogP contribution in [0.15, 0.2) is 24.3 Å². The van der Waals surface area contributed by atoms with Gasteiger partial charge in [0.05, 0.1) is 18.0 Å². The van der Waals surface area contributed by atoms with Gasteiger partial charge in [-0.2, -0.15) is 0 Å². The first-order chi connectivity index (χ1) is 10.2. The SMILES string of the molecule is CCOC(=O)N1C2CCC1CC(Nc1ccccc1N)C2. The number of fused-ring (bicyclic) bond motifs is 2. The van der Waals surface area contributed by atoms with Crippen LogP contribution in [0.5, 0.6) is 0 Å². The highest BCUT2D eigenvalue weighted by atomic mass is 16.6. The van der Waals surface area contributed by atoms with Gasteiger partial charge in [-0.25, -0.2) is 4.79 Å². The van der Waals surface area contributed by atoms with E-state index >= 15 is 0 Å². The highest BCUT2D eigenvalue weighted by Crippen LogP contribution is 2.37. The predicted octanol–water partition coefficient (Wildman–Crippen LogP) is 2.83. The molecule has 0 spiro atoms. The summed E-state index contributed by atoms with van der Waals surface area (Å²) in [5.74, 6) is 0. The summed E-state index contributed by atoms with van der Waals surface area (Å²) in [6.07, 6.45) is 3.92. The molecule has 0 saturated carbocycles. The molecule has 114 valence electrons. The standard InChI is InChI=1S/C16H23N3O2/c1-2-21-16(20)19-12-7-8-13(19)10-11(9-12)18-15-6-4-3-5-14(15)17/h3-6,11-13,18H,2,7-10,17H2,1H3. The summed E-state index contributed by atoms with van der Waals surface area (Å²) in [5, 5.41) is 3.54. The summed E-state index contributed by atoms with van der Waals surface area (Å²) in [6.45, 7) is 2.29. The molecule has 1 aromatic carbocycles. The molecule has 3 N–H and O–H groups in total. The number of hydrogen-bond acceptors (Lipinski definition) is 4. The first-order valence-electron chi connectivity index (χ1n) is 7.75. The van der Waals surface area contributed by atoms with E-state index in [2.05, 4.69) is 5.32 Å². The minimum Gasteiger partial charge on any atom is -0.450 e. The van der Waals surface area contributed by atoms with Crippen LogP contribution < -0.4 is 11.1 Å². The van der Waals surface area contributed by atoms with Gasteiger partial charge < -0.3 is 20.7 Å². The van der Waals surface area contributed by atoms with E-state index in [1.165, 1.54) is 0 Å². The molecule has 21 heavy (non-hydrogen) atoms. The lowest BCUT2D eigenvalue weighted by atomic mass is 9.97. The molecule has 2 heterocycles. The van der Waals surface area contributed by atoms with E-state index in [0.717, 1.165) is 37.1 Å². The number of benzene rings is 1. The maximum absolute atomic E-state index is 12.0. The maximum atomic E-state index is 12.0. The van der Waals surface area contributed by atoms with Gasteiger partial charge in [0.25, 0.3) is 0 Å². The molecule has 3 rings (SSSR count). The largest absolute Gasteiger partial charge is 0.450 e. The number of nitrogens with one attached hydrogen (secondary N) is 1. The quantitative estimate of drug-likeness (QED) is 0.840. The van der Waals surface area contributed by atoms with Crippen molar-refractivity contribution in [3.63, 3.8) is 0 Å². The Hall–Kier alpha value is -1.91. The molecule has 2 aliphatic heterocycles. The lowest BCUT2D eigenvalue weighted by molar-refractivity contribution is 0.0711. The molecule has 2 bridgehead atoms. The highest BCUT2D eigenvalue weighted by Gasteiger charge is 2.44. The van der Waals surface area contributed by atoms with Crippen molar-refractivity contribution in [3.05, 3.63) is 24.3 Å².